The molecule has 17 heavy (non-hydrogen) atoms. The highest BCUT2D eigenvalue weighted by atomic mass is 32.2. The van der Waals surface area contributed by atoms with Crippen LogP contribution in [0.5, 0.6) is 0 Å². The molecule has 1 aromatic carbocycles. The molecule has 0 N–H and O–H groups in total. The van der Waals surface area contributed by atoms with Gasteiger partial charge in [0, 0.05) is 7.11 Å². The van der Waals surface area contributed by atoms with E-state index >= 15 is 0 Å². The summed E-state index contributed by atoms with van der Waals surface area (Å²) >= 11 is 0. The molecule has 0 heterocycles. The van der Waals surface area contributed by atoms with E-state index in [1.54, 1.807) is 24.3 Å². The van der Waals surface area contributed by atoms with Crippen molar-refractivity contribution in [2.75, 3.05) is 14.2 Å². The van der Waals surface area contributed by atoms with E-state index in [1.807, 2.05) is 6.07 Å². The second kappa shape index (κ2) is 5.79. The number of benzene rings is 1. The lowest BCUT2D eigenvalue weighted by atomic mass is 9.93. The molecule has 0 aliphatic carbocycles. The van der Waals surface area contributed by atoms with Crippen LogP contribution in [-0.4, -0.2) is 20.2 Å². The summed E-state index contributed by atoms with van der Waals surface area (Å²) in [6, 6.07) is 8.78. The second-order valence-corrected chi connectivity index (χ2v) is 4.36. The summed E-state index contributed by atoms with van der Waals surface area (Å²) in [5.41, 5.74) is -0.742. The fourth-order valence-corrected chi connectivity index (χ4v) is 1.91. The molecule has 0 unspecified atom stereocenters. The van der Waals surface area contributed by atoms with Crippen LogP contribution in [0.2, 0.25) is 0 Å². The average Bonchev–Trinajstić information content (AvgIpc) is 2.38. The Labute approximate surface area is 102 Å². The molecule has 0 saturated carbocycles. The molecule has 1 rings (SSSR count). The Morgan fingerprint density at radius 1 is 1.29 bits per heavy atom. The number of ether oxygens (including phenoxy) is 1. The van der Waals surface area contributed by atoms with Crippen molar-refractivity contribution >= 4 is 16.8 Å². The summed E-state index contributed by atoms with van der Waals surface area (Å²) in [7, 11) is 0.616. The van der Waals surface area contributed by atoms with Crippen molar-refractivity contribution in [3.63, 3.8) is 0 Å². The van der Waals surface area contributed by atoms with Crippen LogP contribution in [-0.2, 0) is 34.3 Å². The summed E-state index contributed by atoms with van der Waals surface area (Å²) in [4.78, 5) is 11.8. The first-order valence-corrected chi connectivity index (χ1v) is 5.91. The van der Waals surface area contributed by atoms with Gasteiger partial charge in [-0.1, -0.05) is 41.2 Å². The largest absolute Gasteiger partial charge is 0.467 e. The lowest BCUT2D eigenvalue weighted by molar-refractivity contribution is -0.146. The SMILES string of the molecule is COC(=O)[C@@](C)(N=[S-](=O)OC)c1ccccc1. The minimum absolute atomic E-state index is 0.589. The first-order valence-electron chi connectivity index (χ1n) is 4.87. The zero-order chi connectivity index (χ0) is 12.9. The summed E-state index contributed by atoms with van der Waals surface area (Å²) < 4.78 is 24.4. The molecule has 0 aromatic heterocycles. The molecule has 5 nitrogen and oxygen atoms in total. The molecule has 0 aliphatic heterocycles. The highest BCUT2D eigenvalue weighted by Crippen LogP contribution is 2.27. The van der Waals surface area contributed by atoms with E-state index in [2.05, 4.69) is 8.55 Å². The third-order valence-electron chi connectivity index (χ3n) is 2.32. The molecule has 6 heteroatoms. The van der Waals surface area contributed by atoms with E-state index in [0.717, 1.165) is 0 Å². The molecule has 0 saturated heterocycles. The molecule has 0 bridgehead atoms. The Morgan fingerprint density at radius 3 is 2.35 bits per heavy atom. The topological polar surface area (TPSA) is 65.0 Å². The number of carbonyl (C=O) groups excluding carboxylic acids is 1. The predicted octanol–water partition coefficient (Wildman–Crippen LogP) is 1.78. The van der Waals surface area contributed by atoms with Crippen LogP contribution in [0.4, 0.5) is 0 Å². The van der Waals surface area contributed by atoms with E-state index < -0.39 is 22.4 Å². The molecule has 0 amide bonds. The third kappa shape index (κ3) is 3.04. The maximum Gasteiger partial charge on any atom is 0.335 e. The summed E-state index contributed by atoms with van der Waals surface area (Å²) in [6.07, 6.45) is 0. The van der Waals surface area contributed by atoms with Crippen molar-refractivity contribution in [3.05, 3.63) is 35.9 Å². The van der Waals surface area contributed by atoms with Gasteiger partial charge in [-0.25, -0.2) is 4.79 Å². The normalized spacial score (nSPS) is 16.2. The zero-order valence-corrected chi connectivity index (χ0v) is 10.7. The Hall–Kier alpha value is -1.40. The number of nitrogens with zero attached hydrogens (tertiary/aromatic N) is 1. The Bertz CT molecular complexity index is 468. The third-order valence-corrected chi connectivity index (χ3v) is 3.12. The van der Waals surface area contributed by atoms with E-state index in [1.165, 1.54) is 21.1 Å². The maximum absolute atomic E-state index is 11.8. The van der Waals surface area contributed by atoms with Crippen LogP contribution in [0.3, 0.4) is 0 Å². The van der Waals surface area contributed by atoms with Crippen molar-refractivity contribution in [1.82, 2.24) is 0 Å². The van der Waals surface area contributed by atoms with Crippen LogP contribution in [0.15, 0.2) is 34.7 Å². The van der Waals surface area contributed by atoms with Crippen LogP contribution in [0.25, 0.3) is 0 Å². The molecular formula is C11H14NO4S-. The predicted molar refractivity (Wildman–Crippen MR) is 63.3 cm³/mol. The number of carbonyl (C=O) groups is 1. The standard InChI is InChI=1S/C11H14NO4S/c1-11(10(13)15-2,12-17(14)16-3)9-7-5-4-6-8-9/h4-8H,1-3H3/q-1/t11-/m0/s1. The highest BCUT2D eigenvalue weighted by Gasteiger charge is 2.33. The molecule has 1 aromatic rings. The molecule has 0 aliphatic rings. The quantitative estimate of drug-likeness (QED) is 0.608. The smallest absolute Gasteiger partial charge is 0.335 e. The Balaban J connectivity index is 3.30. The van der Waals surface area contributed by atoms with Gasteiger partial charge in [-0.3, -0.25) is 0 Å². The van der Waals surface area contributed by atoms with Crippen LogP contribution >= 0.6 is 0 Å². The Kier molecular flexibility index (Phi) is 4.65. The fraction of sp³-hybridized carbons (Fsp3) is 0.364. The summed E-state index contributed by atoms with van der Waals surface area (Å²) in [5, 5.41) is 0. The van der Waals surface area contributed by atoms with Crippen LogP contribution < -0.4 is 0 Å². The van der Waals surface area contributed by atoms with Gasteiger partial charge in [-0.2, -0.15) is 0 Å². The second-order valence-electron chi connectivity index (χ2n) is 3.40. The minimum atomic E-state index is -1.89. The van der Waals surface area contributed by atoms with Crippen molar-refractivity contribution in [3.8, 4) is 0 Å². The summed E-state index contributed by atoms with van der Waals surface area (Å²) in [6.45, 7) is 1.53. The minimum Gasteiger partial charge on any atom is -0.467 e. The number of hydrogen-bond donors (Lipinski definition) is 0. The monoisotopic (exact) mass is 256 g/mol. The van der Waals surface area contributed by atoms with Gasteiger partial charge in [-0.05, 0) is 12.5 Å². The van der Waals surface area contributed by atoms with E-state index in [4.69, 9.17) is 4.74 Å². The number of hydrogen-bond acceptors (Lipinski definition) is 6. The van der Waals surface area contributed by atoms with Gasteiger partial charge in [0.25, 0.3) is 0 Å². The number of rotatable bonds is 4. The van der Waals surface area contributed by atoms with Gasteiger partial charge in [0.15, 0.2) is 5.54 Å². The van der Waals surface area contributed by atoms with Crippen molar-refractivity contribution in [2.24, 2.45) is 4.36 Å². The lowest BCUT2D eigenvalue weighted by Gasteiger charge is -2.25. The lowest BCUT2D eigenvalue weighted by Crippen LogP contribution is -2.31. The van der Waals surface area contributed by atoms with Crippen molar-refractivity contribution < 1.29 is 17.9 Å². The average molecular weight is 256 g/mol. The summed E-state index contributed by atoms with van der Waals surface area (Å²) in [5.74, 6) is -0.589. The van der Waals surface area contributed by atoms with E-state index in [9.17, 15) is 9.00 Å². The van der Waals surface area contributed by atoms with Gasteiger partial charge >= 0.3 is 5.97 Å². The molecule has 0 spiro atoms. The molecular weight excluding hydrogens is 242 g/mol. The highest BCUT2D eigenvalue weighted by molar-refractivity contribution is 7.69. The zero-order valence-electron chi connectivity index (χ0n) is 9.88. The first kappa shape index (κ1) is 13.7. The molecule has 0 fully saturated rings. The Morgan fingerprint density at radius 2 is 1.88 bits per heavy atom. The van der Waals surface area contributed by atoms with E-state index in [0.29, 0.717) is 5.56 Å². The van der Waals surface area contributed by atoms with Gasteiger partial charge in [-0.15, -0.1) is 0 Å². The maximum atomic E-state index is 11.8. The van der Waals surface area contributed by atoms with Gasteiger partial charge in [0.2, 0.25) is 0 Å². The van der Waals surface area contributed by atoms with Gasteiger partial charge in [0.05, 0.1) is 7.11 Å². The van der Waals surface area contributed by atoms with Gasteiger partial charge < -0.3 is 17.5 Å². The van der Waals surface area contributed by atoms with Crippen LogP contribution in [0.1, 0.15) is 12.5 Å². The van der Waals surface area contributed by atoms with Crippen molar-refractivity contribution in [1.29, 1.82) is 0 Å². The van der Waals surface area contributed by atoms with Crippen molar-refractivity contribution in [2.45, 2.75) is 12.5 Å². The first-order chi connectivity index (χ1) is 8.04. The van der Waals surface area contributed by atoms with Gasteiger partial charge in [0.1, 0.15) is 0 Å². The van der Waals surface area contributed by atoms with E-state index in [-0.39, 0.29) is 0 Å². The van der Waals surface area contributed by atoms with Crippen LogP contribution in [0, 0.1) is 0 Å². The molecule has 0 radical (unpaired) electrons. The number of methoxy groups -OCH3 is 1. The molecule has 94 valence electrons. The number of esters is 1. The fourth-order valence-electron chi connectivity index (χ4n) is 1.36. The molecule has 1 atom stereocenters.